The Morgan fingerprint density at radius 3 is 2.68 bits per heavy atom. The van der Waals surface area contributed by atoms with Gasteiger partial charge in [0.05, 0.1) is 29.8 Å². The highest BCUT2D eigenvalue weighted by molar-refractivity contribution is 6.76. The molecule has 4 rings (SSSR count). The highest BCUT2D eigenvalue weighted by Gasteiger charge is 2.37. The van der Waals surface area contributed by atoms with Crippen molar-refractivity contribution in [1.82, 2.24) is 14.5 Å². The third-order valence-electron chi connectivity index (χ3n) is 6.24. The second-order valence-corrected chi connectivity index (χ2v) is 15.8. The summed E-state index contributed by atoms with van der Waals surface area (Å²) in [5, 5.41) is 22.4. The summed E-state index contributed by atoms with van der Waals surface area (Å²) < 4.78 is 13.7. The van der Waals surface area contributed by atoms with Crippen LogP contribution in [0.5, 0.6) is 5.75 Å². The topological polar surface area (TPSA) is 96.1 Å². The van der Waals surface area contributed by atoms with Crippen LogP contribution in [-0.2, 0) is 17.1 Å². The molecule has 2 aromatic carbocycles. The number of fused-ring (bicyclic) bond motifs is 2. The molecule has 0 bridgehead atoms. The molecule has 7 nitrogen and oxygen atoms in total. The molecular weight excluding hydrogens is 444 g/mol. The molecule has 4 aromatic rings. The lowest BCUT2D eigenvalue weighted by atomic mass is 9.89. The highest BCUT2D eigenvalue weighted by Crippen LogP contribution is 2.42. The molecule has 2 aromatic heterocycles. The number of imidazole rings is 1. The molecular formula is C26H32N4O3Si. The van der Waals surface area contributed by atoms with Crippen molar-refractivity contribution < 1.29 is 14.6 Å². The predicted octanol–water partition coefficient (Wildman–Crippen LogP) is 5.27. The van der Waals surface area contributed by atoms with Gasteiger partial charge in [-0.1, -0.05) is 19.6 Å². The van der Waals surface area contributed by atoms with Crippen molar-refractivity contribution in [2.75, 3.05) is 13.7 Å². The van der Waals surface area contributed by atoms with Crippen LogP contribution < -0.4 is 4.74 Å². The second kappa shape index (κ2) is 8.91. The van der Waals surface area contributed by atoms with E-state index in [-0.39, 0.29) is 6.73 Å². The summed E-state index contributed by atoms with van der Waals surface area (Å²) >= 11 is 0. The summed E-state index contributed by atoms with van der Waals surface area (Å²) in [6.07, 6.45) is 1.86. The van der Waals surface area contributed by atoms with Crippen LogP contribution in [0, 0.1) is 18.3 Å². The molecule has 8 heteroatoms. The number of aryl methyl sites for hydroxylation is 1. The number of H-pyrrole nitrogens is 1. The molecule has 2 heterocycles. The van der Waals surface area contributed by atoms with Gasteiger partial charge in [0.15, 0.2) is 0 Å². The smallest absolute Gasteiger partial charge is 0.149 e. The van der Waals surface area contributed by atoms with Crippen LogP contribution in [0.3, 0.4) is 0 Å². The quantitative estimate of drug-likeness (QED) is 0.267. The number of hydrogen-bond acceptors (Lipinski definition) is 5. The molecule has 0 aliphatic carbocycles. The molecule has 0 amide bonds. The average molecular weight is 477 g/mol. The number of aliphatic hydroxyl groups is 1. The first-order valence-corrected chi connectivity index (χ1v) is 15.1. The van der Waals surface area contributed by atoms with Gasteiger partial charge in [-0.3, -0.25) is 0 Å². The van der Waals surface area contributed by atoms with E-state index in [9.17, 15) is 10.4 Å². The van der Waals surface area contributed by atoms with Gasteiger partial charge < -0.3 is 24.1 Å². The van der Waals surface area contributed by atoms with Gasteiger partial charge in [0.1, 0.15) is 23.9 Å². The zero-order valence-electron chi connectivity index (χ0n) is 20.7. The average Bonchev–Trinajstić information content (AvgIpc) is 3.41. The molecule has 1 unspecified atom stereocenters. The van der Waals surface area contributed by atoms with E-state index in [4.69, 9.17) is 14.5 Å². The number of benzene rings is 2. The van der Waals surface area contributed by atoms with Crippen LogP contribution in [-0.4, -0.2) is 41.4 Å². The number of ether oxygens (including phenoxy) is 2. The minimum atomic E-state index is -1.49. The molecule has 178 valence electrons. The Bertz CT molecular complexity index is 1390. The van der Waals surface area contributed by atoms with E-state index in [2.05, 4.69) is 30.7 Å². The summed E-state index contributed by atoms with van der Waals surface area (Å²) in [5.74, 6) is 1.03. The zero-order valence-corrected chi connectivity index (χ0v) is 21.7. The van der Waals surface area contributed by atoms with E-state index in [0.717, 1.165) is 28.0 Å². The Kier molecular flexibility index (Phi) is 6.29. The number of nitrogens with one attached hydrogen (secondary N) is 1. The Balaban J connectivity index is 1.88. The lowest BCUT2D eigenvalue weighted by Crippen LogP contribution is -2.29. The maximum Gasteiger partial charge on any atom is 0.149 e. The van der Waals surface area contributed by atoms with Gasteiger partial charge in [-0.15, -0.1) is 0 Å². The monoisotopic (exact) mass is 476 g/mol. The van der Waals surface area contributed by atoms with Crippen LogP contribution in [0.4, 0.5) is 0 Å². The Hall–Kier alpha value is -3.12. The normalized spacial score (nSPS) is 13.8. The number of aromatic nitrogens is 3. The summed E-state index contributed by atoms with van der Waals surface area (Å²) in [6, 6.07) is 12.4. The number of methoxy groups -OCH3 is 1. The number of aromatic amines is 1. The van der Waals surface area contributed by atoms with Gasteiger partial charge >= 0.3 is 0 Å². The van der Waals surface area contributed by atoms with E-state index in [1.165, 1.54) is 0 Å². The minimum absolute atomic E-state index is 0.228. The van der Waals surface area contributed by atoms with Crippen LogP contribution in [0.2, 0.25) is 25.7 Å². The van der Waals surface area contributed by atoms with Crippen LogP contribution in [0.15, 0.2) is 36.5 Å². The molecule has 0 aliphatic heterocycles. The Morgan fingerprint density at radius 1 is 1.24 bits per heavy atom. The van der Waals surface area contributed by atoms with Gasteiger partial charge in [0, 0.05) is 37.3 Å². The first-order chi connectivity index (χ1) is 16.1. The minimum Gasteiger partial charge on any atom is -0.496 e. The first-order valence-electron chi connectivity index (χ1n) is 11.4. The molecule has 2 N–H and O–H groups in total. The lowest BCUT2D eigenvalue weighted by molar-refractivity contribution is 0.0559. The molecule has 0 saturated carbocycles. The molecule has 0 spiro atoms. The van der Waals surface area contributed by atoms with Gasteiger partial charge in [0.2, 0.25) is 0 Å². The third kappa shape index (κ3) is 4.34. The van der Waals surface area contributed by atoms with Crippen molar-refractivity contribution in [3.05, 3.63) is 59.0 Å². The van der Waals surface area contributed by atoms with Gasteiger partial charge in [-0.05, 0) is 55.8 Å². The first kappa shape index (κ1) is 24.0. The fourth-order valence-electron chi connectivity index (χ4n) is 4.38. The van der Waals surface area contributed by atoms with Crippen LogP contribution in [0.25, 0.3) is 21.9 Å². The van der Waals surface area contributed by atoms with E-state index in [1.807, 2.05) is 35.9 Å². The fraction of sp³-hybridized carbons (Fsp3) is 0.385. The predicted molar refractivity (Wildman–Crippen MR) is 137 cm³/mol. The van der Waals surface area contributed by atoms with Crippen molar-refractivity contribution in [3.8, 4) is 11.8 Å². The number of nitrogens with zero attached hydrogens (tertiary/aromatic N) is 3. The van der Waals surface area contributed by atoms with Crippen molar-refractivity contribution in [1.29, 1.82) is 5.26 Å². The van der Waals surface area contributed by atoms with Crippen LogP contribution in [0.1, 0.15) is 29.4 Å². The van der Waals surface area contributed by atoms with Crippen LogP contribution >= 0.6 is 0 Å². The second-order valence-electron chi connectivity index (χ2n) is 10.1. The van der Waals surface area contributed by atoms with Gasteiger partial charge in [-0.2, -0.15) is 5.26 Å². The van der Waals surface area contributed by atoms with Crippen molar-refractivity contribution in [2.45, 2.75) is 51.9 Å². The number of rotatable bonds is 8. The molecule has 0 saturated heterocycles. The Labute approximate surface area is 201 Å². The van der Waals surface area contributed by atoms with Gasteiger partial charge in [0.25, 0.3) is 0 Å². The zero-order chi connectivity index (χ0) is 24.7. The molecule has 0 radical (unpaired) electrons. The SMILES string of the molecule is COc1cc(C)c2[nH]ccc2c1C(C)(O)c1nc2ccc(C#N)cc2n1COCC[Si](C)(C)C. The molecule has 0 fully saturated rings. The fourth-order valence-corrected chi connectivity index (χ4v) is 5.14. The van der Waals surface area contributed by atoms with Crippen molar-refractivity contribution >= 4 is 30.0 Å². The summed E-state index contributed by atoms with van der Waals surface area (Å²) in [5.41, 5.74) is 3.08. The number of nitriles is 1. The molecule has 1 atom stereocenters. The van der Waals surface area contributed by atoms with E-state index in [0.29, 0.717) is 34.8 Å². The summed E-state index contributed by atoms with van der Waals surface area (Å²) in [6.45, 7) is 11.5. The summed E-state index contributed by atoms with van der Waals surface area (Å²) in [4.78, 5) is 8.08. The van der Waals surface area contributed by atoms with E-state index >= 15 is 0 Å². The maximum absolute atomic E-state index is 12.1. The van der Waals surface area contributed by atoms with E-state index < -0.39 is 13.7 Å². The summed E-state index contributed by atoms with van der Waals surface area (Å²) in [7, 11) is 0.352. The van der Waals surface area contributed by atoms with E-state index in [1.54, 1.807) is 26.2 Å². The third-order valence-corrected chi connectivity index (χ3v) is 7.95. The lowest BCUT2D eigenvalue weighted by Gasteiger charge is -2.28. The Morgan fingerprint density at radius 2 is 2.00 bits per heavy atom. The molecule has 0 aliphatic rings. The van der Waals surface area contributed by atoms with Crippen molar-refractivity contribution in [3.63, 3.8) is 0 Å². The maximum atomic E-state index is 12.1. The number of hydrogen-bond donors (Lipinski definition) is 2. The van der Waals surface area contributed by atoms with Gasteiger partial charge in [-0.25, -0.2) is 4.98 Å². The van der Waals surface area contributed by atoms with Crippen molar-refractivity contribution in [2.24, 2.45) is 0 Å². The standard InChI is InChI=1S/C26H32N4O3Si/c1-17-13-22(32-3)23(19-9-10-28-24(17)19)26(2,31)25-29-20-8-7-18(15-27)14-21(20)30(25)16-33-11-12-34(4,5)6/h7-10,13-14,28,31H,11-12,16H2,1-6H3. The highest BCUT2D eigenvalue weighted by atomic mass is 28.3. The largest absolute Gasteiger partial charge is 0.496 e. The molecule has 34 heavy (non-hydrogen) atoms.